The Balaban J connectivity index is 1.74. The molecule has 1 aliphatic rings. The van der Waals surface area contributed by atoms with Gasteiger partial charge in [-0.15, -0.1) is 0 Å². The third kappa shape index (κ3) is 6.77. The van der Waals surface area contributed by atoms with Crippen molar-refractivity contribution in [1.82, 2.24) is 9.80 Å². The Morgan fingerprint density at radius 1 is 1.05 bits per heavy atom. The van der Waals surface area contributed by atoms with E-state index in [1.807, 2.05) is 0 Å². The van der Waals surface area contributed by atoms with Crippen molar-refractivity contribution < 1.29 is 46.0 Å². The summed E-state index contributed by atoms with van der Waals surface area (Å²) in [7, 11) is -3.39. The van der Waals surface area contributed by atoms with Gasteiger partial charge in [0.2, 0.25) is 0 Å². The molecule has 1 aliphatic heterocycles. The Labute approximate surface area is 243 Å². The molecule has 0 saturated carbocycles. The van der Waals surface area contributed by atoms with Crippen LogP contribution < -0.4 is 4.90 Å². The summed E-state index contributed by atoms with van der Waals surface area (Å²) < 4.78 is 72.6. The average Bonchev–Trinajstić information content (AvgIpc) is 2.90. The van der Waals surface area contributed by atoms with E-state index >= 15 is 0 Å². The van der Waals surface area contributed by atoms with E-state index in [0.717, 1.165) is 4.90 Å². The van der Waals surface area contributed by atoms with Crippen LogP contribution in [0.15, 0.2) is 48.5 Å². The standard InChI is InChI=1S/C27H25ClF4N3O6P/c1-15-18-7-6-16(10-25(18)35(27(37)33(15)2)14-19-21(28)4-3-5-22(19)30)26(36)34(8-9-41-42(38,39)40)13-20-23(31)11-17(29)12-24(20)32/h3-7,10-12,15H,8-9,13-14H2,1-2H3,(H2,38,39,40)/t15-/m0/s1. The fraction of sp³-hybridized carbons (Fsp3) is 0.259. The summed E-state index contributed by atoms with van der Waals surface area (Å²) in [5.74, 6) is -5.22. The second-order valence-corrected chi connectivity index (χ2v) is 11.2. The molecule has 15 heteroatoms. The van der Waals surface area contributed by atoms with Crippen molar-refractivity contribution in [2.24, 2.45) is 0 Å². The minimum absolute atomic E-state index is 0.0385. The number of carbonyl (C=O) groups excluding carboxylic acids is 2. The summed E-state index contributed by atoms with van der Waals surface area (Å²) in [6, 6.07) is 8.29. The third-order valence-corrected chi connectivity index (χ3v) is 7.75. The van der Waals surface area contributed by atoms with Gasteiger partial charge in [0, 0.05) is 47.4 Å². The molecule has 3 aromatic carbocycles. The molecule has 2 N–H and O–H groups in total. The van der Waals surface area contributed by atoms with E-state index in [1.165, 1.54) is 40.1 Å². The van der Waals surface area contributed by atoms with Gasteiger partial charge < -0.3 is 19.6 Å². The smallest absolute Gasteiger partial charge is 0.332 e. The molecular formula is C27H25ClF4N3O6P. The monoisotopic (exact) mass is 629 g/mol. The number of phosphoric acid groups is 1. The van der Waals surface area contributed by atoms with Crippen LogP contribution in [0.4, 0.5) is 28.0 Å². The minimum Gasteiger partial charge on any atom is -0.332 e. The lowest BCUT2D eigenvalue weighted by molar-refractivity contribution is 0.0696. The SMILES string of the molecule is C[C@H]1c2ccc(C(=O)N(CCOP(=O)(O)O)Cc3c(F)cc(F)cc3F)cc2N(Cc2c(F)cccc2Cl)C(=O)N1C. The second-order valence-electron chi connectivity index (χ2n) is 9.53. The van der Waals surface area contributed by atoms with Gasteiger partial charge in [-0.05, 0) is 36.8 Å². The Bertz CT molecular complexity index is 1550. The van der Waals surface area contributed by atoms with Crippen LogP contribution in [-0.4, -0.2) is 51.7 Å². The van der Waals surface area contributed by atoms with Crippen molar-refractivity contribution >= 4 is 37.0 Å². The van der Waals surface area contributed by atoms with Gasteiger partial charge in [0.1, 0.15) is 23.3 Å². The van der Waals surface area contributed by atoms with Crippen LogP contribution in [0.2, 0.25) is 5.02 Å². The van der Waals surface area contributed by atoms with Gasteiger partial charge in [-0.3, -0.25) is 14.2 Å². The number of nitrogens with zero attached hydrogens (tertiary/aromatic N) is 3. The van der Waals surface area contributed by atoms with E-state index in [2.05, 4.69) is 4.52 Å². The Kier molecular flexibility index (Phi) is 9.29. The molecule has 0 unspecified atom stereocenters. The molecule has 3 aromatic rings. The lowest BCUT2D eigenvalue weighted by Gasteiger charge is -2.40. The maximum absolute atomic E-state index is 14.6. The fourth-order valence-corrected chi connectivity index (χ4v) is 5.09. The second kappa shape index (κ2) is 12.4. The van der Waals surface area contributed by atoms with Gasteiger partial charge in [0.25, 0.3) is 5.91 Å². The zero-order valence-corrected chi connectivity index (χ0v) is 23.9. The largest absolute Gasteiger partial charge is 0.469 e. The van der Waals surface area contributed by atoms with Crippen LogP contribution in [0.3, 0.4) is 0 Å². The van der Waals surface area contributed by atoms with Gasteiger partial charge in [-0.2, -0.15) is 0 Å². The maximum Gasteiger partial charge on any atom is 0.469 e. The molecule has 9 nitrogen and oxygen atoms in total. The first-order valence-electron chi connectivity index (χ1n) is 12.4. The van der Waals surface area contributed by atoms with Gasteiger partial charge in [-0.25, -0.2) is 26.9 Å². The molecule has 0 bridgehead atoms. The van der Waals surface area contributed by atoms with Gasteiger partial charge in [0.05, 0.1) is 31.4 Å². The molecule has 1 atom stereocenters. The molecule has 0 aromatic heterocycles. The highest BCUT2D eigenvalue weighted by atomic mass is 35.5. The molecule has 0 spiro atoms. The summed E-state index contributed by atoms with van der Waals surface area (Å²) in [6.45, 7) is -0.506. The summed E-state index contributed by atoms with van der Waals surface area (Å²) >= 11 is 6.20. The number of hydrogen-bond acceptors (Lipinski definition) is 4. The predicted molar refractivity (Wildman–Crippen MR) is 145 cm³/mol. The minimum atomic E-state index is -4.94. The van der Waals surface area contributed by atoms with Crippen molar-refractivity contribution in [3.63, 3.8) is 0 Å². The Hall–Kier alpha value is -3.48. The molecule has 1 heterocycles. The summed E-state index contributed by atoms with van der Waals surface area (Å²) in [6.07, 6.45) is 0. The van der Waals surface area contributed by atoms with Crippen molar-refractivity contribution in [2.45, 2.75) is 26.1 Å². The number of hydrogen-bond donors (Lipinski definition) is 2. The van der Waals surface area contributed by atoms with E-state index in [-0.39, 0.29) is 28.4 Å². The number of phosphoric ester groups is 1. The lowest BCUT2D eigenvalue weighted by Crippen LogP contribution is -2.46. The number of benzene rings is 3. The number of anilines is 1. The highest BCUT2D eigenvalue weighted by molar-refractivity contribution is 7.46. The summed E-state index contributed by atoms with van der Waals surface area (Å²) in [5.41, 5.74) is 0.160. The number of urea groups is 1. The number of rotatable bonds is 9. The zero-order chi connectivity index (χ0) is 30.9. The molecule has 42 heavy (non-hydrogen) atoms. The van der Waals surface area contributed by atoms with E-state index in [4.69, 9.17) is 21.4 Å². The first-order chi connectivity index (χ1) is 19.7. The molecule has 0 aliphatic carbocycles. The third-order valence-electron chi connectivity index (χ3n) is 6.87. The van der Waals surface area contributed by atoms with Crippen molar-refractivity contribution in [2.75, 3.05) is 25.1 Å². The van der Waals surface area contributed by atoms with Crippen LogP contribution in [0.25, 0.3) is 0 Å². The summed E-state index contributed by atoms with van der Waals surface area (Å²) in [4.78, 5) is 48.5. The molecule has 3 amide bonds. The van der Waals surface area contributed by atoms with Crippen LogP contribution in [0.1, 0.15) is 40.0 Å². The van der Waals surface area contributed by atoms with E-state index in [1.54, 1.807) is 20.0 Å². The zero-order valence-electron chi connectivity index (χ0n) is 22.2. The van der Waals surface area contributed by atoms with Crippen molar-refractivity contribution in [1.29, 1.82) is 0 Å². The first kappa shape index (κ1) is 31.5. The molecule has 4 rings (SSSR count). The first-order valence-corrected chi connectivity index (χ1v) is 14.3. The number of fused-ring (bicyclic) bond motifs is 1. The lowest BCUT2D eigenvalue weighted by atomic mass is 9.98. The van der Waals surface area contributed by atoms with Gasteiger partial charge in [0.15, 0.2) is 0 Å². The van der Waals surface area contributed by atoms with Crippen LogP contribution in [-0.2, 0) is 22.2 Å². The maximum atomic E-state index is 14.6. The number of carbonyl (C=O) groups is 2. The van der Waals surface area contributed by atoms with E-state index < -0.39 is 74.3 Å². The number of amides is 3. The van der Waals surface area contributed by atoms with Gasteiger partial charge >= 0.3 is 13.9 Å². The van der Waals surface area contributed by atoms with E-state index in [9.17, 15) is 31.7 Å². The van der Waals surface area contributed by atoms with Crippen LogP contribution in [0, 0.1) is 23.3 Å². The van der Waals surface area contributed by atoms with Gasteiger partial charge in [-0.1, -0.05) is 23.7 Å². The molecule has 0 fully saturated rings. The van der Waals surface area contributed by atoms with Crippen LogP contribution in [0.5, 0.6) is 0 Å². The van der Waals surface area contributed by atoms with Crippen molar-refractivity contribution in [3.05, 3.63) is 99.1 Å². The molecular weight excluding hydrogens is 605 g/mol. The number of halogens is 5. The molecule has 0 radical (unpaired) electrons. The molecule has 224 valence electrons. The highest BCUT2D eigenvalue weighted by Crippen LogP contribution is 2.39. The average molecular weight is 630 g/mol. The Morgan fingerprint density at radius 2 is 1.71 bits per heavy atom. The van der Waals surface area contributed by atoms with E-state index in [0.29, 0.717) is 17.7 Å². The van der Waals surface area contributed by atoms with Crippen LogP contribution >= 0.6 is 19.4 Å². The summed E-state index contributed by atoms with van der Waals surface area (Å²) in [5, 5.41) is 0.0810. The molecule has 0 saturated heterocycles. The highest BCUT2D eigenvalue weighted by Gasteiger charge is 2.35. The normalized spacial score (nSPS) is 15.2. The van der Waals surface area contributed by atoms with Crippen molar-refractivity contribution in [3.8, 4) is 0 Å². The quantitative estimate of drug-likeness (QED) is 0.229. The predicted octanol–water partition coefficient (Wildman–Crippen LogP) is 5.78. The fourth-order valence-electron chi connectivity index (χ4n) is 4.54. The topological polar surface area (TPSA) is 111 Å². The Morgan fingerprint density at radius 3 is 2.33 bits per heavy atom.